The van der Waals surface area contributed by atoms with Crippen LogP contribution >= 0.6 is 29.7 Å². The van der Waals surface area contributed by atoms with Crippen LogP contribution in [0.3, 0.4) is 0 Å². The third kappa shape index (κ3) is 11.1. The number of unbranched alkanes of at least 4 members (excludes halogenated alkanes) is 1. The van der Waals surface area contributed by atoms with Crippen molar-refractivity contribution in [1.29, 1.82) is 0 Å². The molecule has 0 radical (unpaired) electrons. The molecule has 0 aliphatic heterocycles. The van der Waals surface area contributed by atoms with Crippen LogP contribution in [-0.4, -0.2) is 26.7 Å². The van der Waals surface area contributed by atoms with Crippen LogP contribution < -0.4 is 0 Å². The second kappa shape index (κ2) is 7.54. The van der Waals surface area contributed by atoms with Crippen molar-refractivity contribution in [3.63, 3.8) is 0 Å². The Labute approximate surface area is 86.6 Å². The first kappa shape index (κ1) is 13.1. The fraction of sp³-hybridized carbons (Fsp3) is 0.833. The molecule has 2 N–H and O–H groups in total. The minimum atomic E-state index is -2.93. The molecule has 0 heterocycles. The van der Waals surface area contributed by atoms with Gasteiger partial charge in [-0.2, -0.15) is 11.8 Å². The maximum atomic E-state index is 8.87. The molecule has 0 aromatic heterocycles. The predicted molar refractivity (Wildman–Crippen MR) is 66.0 cm³/mol. The highest BCUT2D eigenvalue weighted by atomic mass is 32.9. The number of hydrogen-bond acceptors (Lipinski definition) is 1. The SMILES string of the molecule is CCCCSCC=S=P(O)(O)S. The van der Waals surface area contributed by atoms with Gasteiger partial charge in [-0.05, 0) is 17.5 Å². The van der Waals surface area contributed by atoms with E-state index in [0.29, 0.717) is 0 Å². The van der Waals surface area contributed by atoms with Crippen molar-refractivity contribution < 1.29 is 9.79 Å². The molecule has 0 bridgehead atoms. The average molecular weight is 246 g/mol. The van der Waals surface area contributed by atoms with Gasteiger partial charge in [-0.1, -0.05) is 36.1 Å². The third-order valence-electron chi connectivity index (χ3n) is 1.04. The number of hydrogen-bond donors (Lipinski definition) is 3. The summed E-state index contributed by atoms with van der Waals surface area (Å²) < 4.78 is 0. The van der Waals surface area contributed by atoms with Crippen molar-refractivity contribution in [2.45, 2.75) is 19.8 Å². The Morgan fingerprint density at radius 2 is 2.17 bits per heavy atom. The highest BCUT2D eigenvalue weighted by molar-refractivity contribution is 8.61. The van der Waals surface area contributed by atoms with Gasteiger partial charge in [0.25, 0.3) is 0 Å². The van der Waals surface area contributed by atoms with Gasteiger partial charge < -0.3 is 9.79 Å². The second-order valence-electron chi connectivity index (χ2n) is 2.21. The molecule has 12 heavy (non-hydrogen) atoms. The maximum absolute atomic E-state index is 8.87. The Hall–Kier alpha value is 1.14. The van der Waals surface area contributed by atoms with Gasteiger partial charge in [0.1, 0.15) is 0 Å². The van der Waals surface area contributed by atoms with Gasteiger partial charge in [-0.15, -0.1) is 0 Å². The van der Waals surface area contributed by atoms with Gasteiger partial charge in [0.2, 0.25) is 5.69 Å². The molecule has 0 aliphatic rings. The van der Waals surface area contributed by atoms with Crippen LogP contribution in [0, 0.1) is 0 Å². The Morgan fingerprint density at radius 1 is 1.50 bits per heavy atom. The topological polar surface area (TPSA) is 40.5 Å². The fourth-order valence-electron chi connectivity index (χ4n) is 0.508. The first-order chi connectivity index (χ1) is 5.56. The lowest BCUT2D eigenvalue weighted by atomic mass is 10.4. The summed E-state index contributed by atoms with van der Waals surface area (Å²) in [5, 5.41) is 1.81. The highest BCUT2D eigenvalue weighted by Gasteiger charge is 1.93. The molecule has 0 saturated heterocycles. The zero-order valence-corrected chi connectivity index (χ0v) is 10.4. The lowest BCUT2D eigenvalue weighted by Crippen LogP contribution is -1.83. The molecule has 0 aliphatic carbocycles. The molecular weight excluding hydrogens is 231 g/mol. The molecule has 0 spiro atoms. The minimum Gasteiger partial charge on any atom is -0.338 e. The van der Waals surface area contributed by atoms with Crippen LogP contribution in [0.25, 0.3) is 0 Å². The summed E-state index contributed by atoms with van der Waals surface area (Å²) in [6.45, 7) is 2.16. The summed E-state index contributed by atoms with van der Waals surface area (Å²) in [6, 6.07) is 0. The van der Waals surface area contributed by atoms with E-state index in [0.717, 1.165) is 22.0 Å². The van der Waals surface area contributed by atoms with Crippen LogP contribution in [0.4, 0.5) is 0 Å². The molecule has 6 heteroatoms. The van der Waals surface area contributed by atoms with Gasteiger partial charge in [-0.3, -0.25) is 0 Å². The molecule has 0 atom stereocenters. The molecule has 0 fully saturated rings. The summed E-state index contributed by atoms with van der Waals surface area (Å²) in [5.41, 5.74) is -2.93. The molecular formula is C6H15O2PS3. The van der Waals surface area contributed by atoms with Crippen molar-refractivity contribution >= 4 is 45.6 Å². The number of thioether (sulfide) groups is 1. The van der Waals surface area contributed by atoms with Crippen LogP contribution in [-0.2, 0) is 10.5 Å². The van der Waals surface area contributed by atoms with Gasteiger partial charge in [-0.25, -0.2) is 0 Å². The summed E-state index contributed by atoms with van der Waals surface area (Å²) in [5.74, 6) is 2.00. The van der Waals surface area contributed by atoms with E-state index in [1.165, 1.54) is 12.8 Å². The van der Waals surface area contributed by atoms with Crippen LogP contribution in [0.5, 0.6) is 0 Å². The summed E-state index contributed by atoms with van der Waals surface area (Å²) >= 11 is 5.45. The summed E-state index contributed by atoms with van der Waals surface area (Å²) in [7, 11) is 1.03. The van der Waals surface area contributed by atoms with E-state index in [9.17, 15) is 0 Å². The average Bonchev–Trinajstić information content (AvgIpc) is 1.94. The molecule has 0 aromatic carbocycles. The van der Waals surface area contributed by atoms with Crippen molar-refractivity contribution in [1.82, 2.24) is 0 Å². The van der Waals surface area contributed by atoms with E-state index in [1.807, 2.05) is 0 Å². The monoisotopic (exact) mass is 246 g/mol. The number of rotatable bonds is 5. The van der Waals surface area contributed by atoms with Crippen LogP contribution in [0.15, 0.2) is 0 Å². The van der Waals surface area contributed by atoms with Gasteiger partial charge in [0.15, 0.2) is 0 Å². The van der Waals surface area contributed by atoms with Gasteiger partial charge in [0, 0.05) is 5.75 Å². The van der Waals surface area contributed by atoms with E-state index in [-0.39, 0.29) is 0 Å². The second-order valence-corrected chi connectivity index (χ2v) is 9.58. The largest absolute Gasteiger partial charge is 0.338 e. The Kier molecular flexibility index (Phi) is 8.25. The lowest BCUT2D eigenvalue weighted by molar-refractivity contribution is 0.502. The van der Waals surface area contributed by atoms with Crippen LogP contribution in [0.1, 0.15) is 19.8 Å². The van der Waals surface area contributed by atoms with E-state index in [2.05, 4.69) is 19.2 Å². The zero-order valence-electron chi connectivity index (χ0n) is 7.01. The lowest BCUT2D eigenvalue weighted by Gasteiger charge is -1.95. The highest BCUT2D eigenvalue weighted by Crippen LogP contribution is 2.41. The van der Waals surface area contributed by atoms with Gasteiger partial charge >= 0.3 is 0 Å². The van der Waals surface area contributed by atoms with Crippen molar-refractivity contribution in [2.24, 2.45) is 0 Å². The first-order valence-electron chi connectivity index (χ1n) is 3.71. The summed E-state index contributed by atoms with van der Waals surface area (Å²) in [6.07, 6.45) is 2.44. The fourth-order valence-corrected chi connectivity index (χ4v) is 3.74. The molecule has 0 aromatic rings. The Balaban J connectivity index is 3.50. The Bertz CT molecular complexity index is 187. The number of thiol groups is 1. The van der Waals surface area contributed by atoms with Crippen molar-refractivity contribution in [3.05, 3.63) is 0 Å². The first-order valence-corrected chi connectivity index (χ1v) is 9.20. The molecule has 0 unspecified atom stereocenters. The van der Waals surface area contributed by atoms with E-state index in [1.54, 1.807) is 17.1 Å². The quantitative estimate of drug-likeness (QED) is 0.301. The van der Waals surface area contributed by atoms with Crippen molar-refractivity contribution in [3.8, 4) is 0 Å². The predicted octanol–water partition coefficient (Wildman–Crippen LogP) is 2.00. The minimum absolute atomic E-state index is 0.855. The normalized spacial score (nSPS) is 11.3. The molecule has 0 rings (SSSR count). The molecule has 74 valence electrons. The maximum Gasteiger partial charge on any atom is 0.228 e. The molecule has 2 nitrogen and oxygen atoms in total. The third-order valence-corrected chi connectivity index (χ3v) is 4.98. The zero-order chi connectivity index (χ0) is 9.45. The standard InChI is InChI=1S/C6H15O2PS3/c1-2-3-4-11-5-6-12-9(7,8)10/h6-8,10H,2-5H2,1H3. The van der Waals surface area contributed by atoms with E-state index >= 15 is 0 Å². The van der Waals surface area contributed by atoms with E-state index in [4.69, 9.17) is 9.79 Å². The van der Waals surface area contributed by atoms with Gasteiger partial charge in [0.05, 0.1) is 0 Å². The van der Waals surface area contributed by atoms with Crippen molar-refractivity contribution in [2.75, 3.05) is 11.5 Å². The Morgan fingerprint density at radius 3 is 2.67 bits per heavy atom. The molecule has 0 saturated carbocycles. The van der Waals surface area contributed by atoms with Crippen LogP contribution in [0.2, 0.25) is 0 Å². The summed E-state index contributed by atoms with van der Waals surface area (Å²) in [4.78, 5) is 17.7. The van der Waals surface area contributed by atoms with E-state index < -0.39 is 5.69 Å². The molecule has 0 amide bonds. The smallest absolute Gasteiger partial charge is 0.228 e.